The van der Waals surface area contributed by atoms with Crippen LogP contribution >= 0.6 is 0 Å². The number of nitrogens with two attached hydrogens (primary N) is 1. The standard InChI is InChI=1S/C9H12N2O3/c1-13-6-3-4-7(8(10)5-6)9(12)11-14-2/h3-5H,10H2,1-2H3,(H,11,12). The summed E-state index contributed by atoms with van der Waals surface area (Å²) in [5, 5.41) is 0. The van der Waals surface area contributed by atoms with E-state index in [0.717, 1.165) is 0 Å². The van der Waals surface area contributed by atoms with Crippen molar-refractivity contribution in [3.05, 3.63) is 23.8 Å². The predicted octanol–water partition coefficient (Wildman–Crippen LogP) is 0.569. The molecule has 0 fully saturated rings. The maximum Gasteiger partial charge on any atom is 0.276 e. The molecule has 0 atom stereocenters. The van der Waals surface area contributed by atoms with Gasteiger partial charge >= 0.3 is 0 Å². The predicted molar refractivity (Wildman–Crippen MR) is 51.9 cm³/mol. The number of rotatable bonds is 3. The molecule has 0 aliphatic heterocycles. The lowest BCUT2D eigenvalue weighted by Gasteiger charge is -2.06. The lowest BCUT2D eigenvalue weighted by Crippen LogP contribution is -2.22. The van der Waals surface area contributed by atoms with Crippen LogP contribution in [-0.2, 0) is 4.84 Å². The maximum absolute atomic E-state index is 11.3. The van der Waals surface area contributed by atoms with E-state index in [2.05, 4.69) is 10.3 Å². The van der Waals surface area contributed by atoms with Gasteiger partial charge < -0.3 is 10.5 Å². The lowest BCUT2D eigenvalue weighted by molar-refractivity contribution is 0.0538. The molecule has 0 aliphatic rings. The molecule has 14 heavy (non-hydrogen) atoms. The topological polar surface area (TPSA) is 73.6 Å². The quantitative estimate of drug-likeness (QED) is 0.547. The Morgan fingerprint density at radius 2 is 2.14 bits per heavy atom. The van der Waals surface area contributed by atoms with E-state index in [9.17, 15) is 4.79 Å². The highest BCUT2D eigenvalue weighted by molar-refractivity contribution is 5.98. The van der Waals surface area contributed by atoms with Gasteiger partial charge in [0.1, 0.15) is 5.75 Å². The number of carbonyl (C=O) groups is 1. The van der Waals surface area contributed by atoms with Crippen molar-refractivity contribution in [1.82, 2.24) is 5.48 Å². The minimum absolute atomic E-state index is 0.346. The molecule has 1 amide bonds. The largest absolute Gasteiger partial charge is 0.497 e. The SMILES string of the molecule is CONC(=O)c1ccc(OC)cc1N. The molecule has 0 aromatic heterocycles. The van der Waals surface area contributed by atoms with E-state index in [1.54, 1.807) is 18.2 Å². The van der Waals surface area contributed by atoms with E-state index in [1.807, 2.05) is 0 Å². The Morgan fingerprint density at radius 3 is 2.64 bits per heavy atom. The molecule has 1 aromatic rings. The Balaban J connectivity index is 2.94. The van der Waals surface area contributed by atoms with Crippen molar-refractivity contribution < 1.29 is 14.4 Å². The van der Waals surface area contributed by atoms with E-state index in [1.165, 1.54) is 14.2 Å². The zero-order valence-corrected chi connectivity index (χ0v) is 8.03. The molecule has 0 bridgehead atoms. The summed E-state index contributed by atoms with van der Waals surface area (Å²) in [6.45, 7) is 0. The summed E-state index contributed by atoms with van der Waals surface area (Å²) in [6, 6.07) is 4.80. The first-order chi connectivity index (χ1) is 6.69. The van der Waals surface area contributed by atoms with Crippen LogP contribution in [0, 0.1) is 0 Å². The fourth-order valence-electron chi connectivity index (χ4n) is 1.02. The summed E-state index contributed by atoms with van der Waals surface area (Å²) >= 11 is 0. The molecule has 5 heteroatoms. The van der Waals surface area contributed by atoms with Gasteiger partial charge in [-0.15, -0.1) is 0 Å². The van der Waals surface area contributed by atoms with Crippen LogP contribution in [0.2, 0.25) is 0 Å². The van der Waals surface area contributed by atoms with E-state index in [4.69, 9.17) is 10.5 Å². The van der Waals surface area contributed by atoms with Gasteiger partial charge in [-0.25, -0.2) is 5.48 Å². The second-order valence-corrected chi connectivity index (χ2v) is 2.59. The van der Waals surface area contributed by atoms with Crippen molar-refractivity contribution in [3.8, 4) is 5.75 Å². The first-order valence-corrected chi connectivity index (χ1v) is 3.96. The third-order valence-corrected chi connectivity index (χ3v) is 1.70. The molecule has 5 nitrogen and oxygen atoms in total. The Labute approximate surface area is 81.8 Å². The minimum atomic E-state index is -0.382. The monoisotopic (exact) mass is 196 g/mol. The third-order valence-electron chi connectivity index (χ3n) is 1.70. The Kier molecular flexibility index (Phi) is 3.30. The van der Waals surface area contributed by atoms with Gasteiger partial charge in [-0.2, -0.15) is 0 Å². The average Bonchev–Trinajstić information content (AvgIpc) is 2.17. The number of amides is 1. The molecule has 0 heterocycles. The third kappa shape index (κ3) is 2.14. The van der Waals surface area contributed by atoms with E-state index < -0.39 is 0 Å². The molecule has 0 aliphatic carbocycles. The number of hydrogen-bond donors (Lipinski definition) is 2. The number of methoxy groups -OCH3 is 1. The summed E-state index contributed by atoms with van der Waals surface area (Å²) in [5.74, 6) is 0.226. The summed E-state index contributed by atoms with van der Waals surface area (Å²) in [4.78, 5) is 15.8. The molecule has 1 rings (SSSR count). The molecule has 1 aromatic carbocycles. The Hall–Kier alpha value is -1.75. The minimum Gasteiger partial charge on any atom is -0.497 e. The molecule has 0 radical (unpaired) electrons. The number of anilines is 1. The number of hydroxylamine groups is 1. The zero-order valence-electron chi connectivity index (χ0n) is 8.03. The summed E-state index contributed by atoms with van der Waals surface area (Å²) in [7, 11) is 2.89. The van der Waals surface area contributed by atoms with Crippen molar-refractivity contribution in [2.75, 3.05) is 20.0 Å². The maximum atomic E-state index is 11.3. The Bertz CT molecular complexity index is 339. The smallest absolute Gasteiger partial charge is 0.276 e. The summed E-state index contributed by atoms with van der Waals surface area (Å²) < 4.78 is 4.95. The molecule has 76 valence electrons. The second kappa shape index (κ2) is 4.48. The molecule has 0 saturated heterocycles. The van der Waals surface area contributed by atoms with Gasteiger partial charge in [0, 0.05) is 11.8 Å². The van der Waals surface area contributed by atoms with Crippen molar-refractivity contribution in [2.24, 2.45) is 0 Å². The number of nitrogen functional groups attached to an aromatic ring is 1. The average molecular weight is 196 g/mol. The number of benzene rings is 1. The molecular weight excluding hydrogens is 184 g/mol. The lowest BCUT2D eigenvalue weighted by atomic mass is 10.1. The molecular formula is C9H12N2O3. The van der Waals surface area contributed by atoms with E-state index in [0.29, 0.717) is 17.0 Å². The highest BCUT2D eigenvalue weighted by Crippen LogP contribution is 2.19. The highest BCUT2D eigenvalue weighted by Gasteiger charge is 2.09. The molecule has 0 saturated carbocycles. The van der Waals surface area contributed by atoms with Gasteiger partial charge in [-0.3, -0.25) is 9.63 Å². The zero-order chi connectivity index (χ0) is 10.6. The number of ether oxygens (including phenoxy) is 1. The molecule has 0 spiro atoms. The molecule has 3 N–H and O–H groups in total. The highest BCUT2D eigenvalue weighted by atomic mass is 16.6. The van der Waals surface area contributed by atoms with Gasteiger partial charge in [0.2, 0.25) is 0 Å². The van der Waals surface area contributed by atoms with Crippen LogP contribution in [0.5, 0.6) is 5.75 Å². The molecule has 0 unspecified atom stereocenters. The second-order valence-electron chi connectivity index (χ2n) is 2.59. The van der Waals surface area contributed by atoms with Gasteiger partial charge in [-0.1, -0.05) is 0 Å². The van der Waals surface area contributed by atoms with Crippen molar-refractivity contribution >= 4 is 11.6 Å². The van der Waals surface area contributed by atoms with Crippen molar-refractivity contribution in [2.45, 2.75) is 0 Å². The van der Waals surface area contributed by atoms with Crippen LogP contribution in [0.15, 0.2) is 18.2 Å². The van der Waals surface area contributed by atoms with Crippen LogP contribution in [0.3, 0.4) is 0 Å². The first kappa shape index (κ1) is 10.3. The van der Waals surface area contributed by atoms with Crippen molar-refractivity contribution in [3.63, 3.8) is 0 Å². The van der Waals surface area contributed by atoms with Crippen LogP contribution in [0.4, 0.5) is 5.69 Å². The van der Waals surface area contributed by atoms with Crippen molar-refractivity contribution in [1.29, 1.82) is 0 Å². The first-order valence-electron chi connectivity index (χ1n) is 3.96. The number of carbonyl (C=O) groups excluding carboxylic acids is 1. The van der Waals surface area contributed by atoms with Crippen LogP contribution < -0.4 is 16.0 Å². The number of nitrogens with one attached hydrogen (secondary N) is 1. The summed E-state index contributed by atoms with van der Waals surface area (Å²) in [5.41, 5.74) is 8.51. The summed E-state index contributed by atoms with van der Waals surface area (Å²) in [6.07, 6.45) is 0. The Morgan fingerprint density at radius 1 is 1.43 bits per heavy atom. The van der Waals surface area contributed by atoms with Crippen LogP contribution in [0.25, 0.3) is 0 Å². The number of hydrogen-bond acceptors (Lipinski definition) is 4. The van der Waals surface area contributed by atoms with Gasteiger partial charge in [0.25, 0.3) is 5.91 Å². The van der Waals surface area contributed by atoms with Gasteiger partial charge in [0.15, 0.2) is 0 Å². The fraction of sp³-hybridized carbons (Fsp3) is 0.222. The normalized spacial score (nSPS) is 9.57. The van der Waals surface area contributed by atoms with Gasteiger partial charge in [-0.05, 0) is 12.1 Å². The fourth-order valence-corrected chi connectivity index (χ4v) is 1.02. The van der Waals surface area contributed by atoms with E-state index in [-0.39, 0.29) is 5.91 Å². The van der Waals surface area contributed by atoms with Gasteiger partial charge in [0.05, 0.1) is 19.8 Å². The van der Waals surface area contributed by atoms with E-state index >= 15 is 0 Å². The van der Waals surface area contributed by atoms with Crippen LogP contribution in [0.1, 0.15) is 10.4 Å². The van der Waals surface area contributed by atoms with Crippen LogP contribution in [-0.4, -0.2) is 20.1 Å².